The van der Waals surface area contributed by atoms with Crippen LogP contribution in [0.5, 0.6) is 0 Å². The van der Waals surface area contributed by atoms with Crippen molar-refractivity contribution in [3.8, 4) is 0 Å². The summed E-state index contributed by atoms with van der Waals surface area (Å²) in [7, 11) is 0. The van der Waals surface area contributed by atoms with Gasteiger partial charge in [0.2, 0.25) is 0 Å². The van der Waals surface area contributed by atoms with Gasteiger partial charge in [0.25, 0.3) is 5.91 Å². The van der Waals surface area contributed by atoms with Gasteiger partial charge in [-0.05, 0) is 48.9 Å². The topological polar surface area (TPSA) is 54.0 Å². The van der Waals surface area contributed by atoms with E-state index < -0.39 is 0 Å². The number of anilines is 3. The van der Waals surface area contributed by atoms with Crippen molar-refractivity contribution in [3.05, 3.63) is 84.1 Å². The van der Waals surface area contributed by atoms with Crippen molar-refractivity contribution < 1.29 is 4.79 Å². The highest BCUT2D eigenvalue weighted by Gasteiger charge is 2.09. The van der Waals surface area contributed by atoms with Crippen LogP contribution in [-0.2, 0) is 0 Å². The van der Waals surface area contributed by atoms with Gasteiger partial charge in [-0.1, -0.05) is 30.3 Å². The molecule has 0 bridgehead atoms. The Balaban J connectivity index is 1.86. The summed E-state index contributed by atoms with van der Waals surface area (Å²) in [5.41, 5.74) is 3.25. The van der Waals surface area contributed by atoms with E-state index in [0.717, 1.165) is 22.8 Å². The Morgan fingerprint density at radius 2 is 1.70 bits per heavy atom. The number of nitrogens with one attached hydrogen (secondary N) is 2. The molecule has 0 saturated carbocycles. The number of aryl methyl sites for hydroxylation is 1. The maximum atomic E-state index is 12.3. The molecule has 1 amide bonds. The number of hydrogen-bond donors (Lipinski definition) is 2. The molecule has 0 fully saturated rings. The molecule has 0 radical (unpaired) electrons. The van der Waals surface area contributed by atoms with Crippen molar-refractivity contribution in [1.29, 1.82) is 0 Å². The van der Waals surface area contributed by atoms with Gasteiger partial charge in [-0.25, -0.2) is 4.98 Å². The van der Waals surface area contributed by atoms with Gasteiger partial charge >= 0.3 is 0 Å². The predicted molar refractivity (Wildman–Crippen MR) is 93.1 cm³/mol. The van der Waals surface area contributed by atoms with Crippen molar-refractivity contribution in [2.24, 2.45) is 0 Å². The first-order chi connectivity index (χ1) is 11.2. The highest BCUT2D eigenvalue weighted by Crippen LogP contribution is 2.26. The fraction of sp³-hybridized carbons (Fsp3) is 0.0526. The minimum absolute atomic E-state index is 0.140. The Hall–Kier alpha value is -3.14. The summed E-state index contributed by atoms with van der Waals surface area (Å²) in [6.07, 6.45) is 1.72. The standard InChI is InChI=1S/C19H17N3O/c1-14-10-11-16(22-19(23)15-7-3-2-4-8-15)17(13-14)21-18-9-5-6-12-20-18/h2-13H,1H3,(H,20,21)(H,22,23). The second-order valence-corrected chi connectivity index (χ2v) is 5.21. The highest BCUT2D eigenvalue weighted by molar-refractivity contribution is 6.06. The maximum absolute atomic E-state index is 12.3. The third kappa shape index (κ3) is 3.74. The molecule has 23 heavy (non-hydrogen) atoms. The first kappa shape index (κ1) is 14.8. The van der Waals surface area contributed by atoms with E-state index in [0.29, 0.717) is 5.56 Å². The van der Waals surface area contributed by atoms with E-state index in [1.807, 2.05) is 61.5 Å². The lowest BCUT2D eigenvalue weighted by Gasteiger charge is -2.13. The van der Waals surface area contributed by atoms with Gasteiger partial charge < -0.3 is 10.6 Å². The normalized spacial score (nSPS) is 10.1. The summed E-state index contributed by atoms with van der Waals surface area (Å²) < 4.78 is 0. The van der Waals surface area contributed by atoms with Crippen LogP contribution in [0, 0.1) is 6.92 Å². The molecule has 0 aliphatic carbocycles. The van der Waals surface area contributed by atoms with E-state index in [-0.39, 0.29) is 5.91 Å². The van der Waals surface area contributed by atoms with Crippen LogP contribution in [-0.4, -0.2) is 10.9 Å². The molecule has 2 N–H and O–H groups in total. The molecule has 0 atom stereocenters. The summed E-state index contributed by atoms with van der Waals surface area (Å²) in [5.74, 6) is 0.590. The smallest absolute Gasteiger partial charge is 0.255 e. The zero-order valence-electron chi connectivity index (χ0n) is 12.8. The first-order valence-electron chi connectivity index (χ1n) is 7.37. The highest BCUT2D eigenvalue weighted by atomic mass is 16.1. The van der Waals surface area contributed by atoms with E-state index in [1.165, 1.54) is 0 Å². The number of aromatic nitrogens is 1. The molecule has 3 aromatic rings. The van der Waals surface area contributed by atoms with E-state index in [2.05, 4.69) is 15.6 Å². The predicted octanol–water partition coefficient (Wildman–Crippen LogP) is 4.39. The van der Waals surface area contributed by atoms with Crippen molar-refractivity contribution in [2.45, 2.75) is 6.92 Å². The first-order valence-corrected chi connectivity index (χ1v) is 7.37. The van der Waals surface area contributed by atoms with Gasteiger partial charge in [0.1, 0.15) is 5.82 Å². The average Bonchev–Trinajstić information content (AvgIpc) is 2.59. The monoisotopic (exact) mass is 303 g/mol. The second-order valence-electron chi connectivity index (χ2n) is 5.21. The Kier molecular flexibility index (Phi) is 4.34. The Morgan fingerprint density at radius 3 is 2.43 bits per heavy atom. The lowest BCUT2D eigenvalue weighted by Crippen LogP contribution is -2.13. The van der Waals surface area contributed by atoms with Crippen molar-refractivity contribution in [3.63, 3.8) is 0 Å². The molecule has 4 heteroatoms. The lowest BCUT2D eigenvalue weighted by molar-refractivity contribution is 0.102. The number of pyridine rings is 1. The third-order valence-electron chi connectivity index (χ3n) is 3.39. The molecule has 0 aliphatic heterocycles. The zero-order valence-corrected chi connectivity index (χ0v) is 12.8. The van der Waals surface area contributed by atoms with E-state index in [9.17, 15) is 4.79 Å². The molecule has 3 rings (SSSR count). The molecule has 0 aliphatic rings. The fourth-order valence-electron chi connectivity index (χ4n) is 2.23. The molecule has 114 valence electrons. The second kappa shape index (κ2) is 6.75. The Bertz CT molecular complexity index is 801. The molecule has 2 aromatic carbocycles. The maximum Gasteiger partial charge on any atom is 0.255 e. The number of hydrogen-bond acceptors (Lipinski definition) is 3. The van der Waals surface area contributed by atoms with Crippen LogP contribution >= 0.6 is 0 Å². The number of carbonyl (C=O) groups is 1. The summed E-state index contributed by atoms with van der Waals surface area (Å²) in [6.45, 7) is 2.01. The minimum Gasteiger partial charge on any atom is -0.339 e. The summed E-state index contributed by atoms with van der Waals surface area (Å²) in [5, 5.41) is 6.19. The third-order valence-corrected chi connectivity index (χ3v) is 3.39. The van der Waals surface area contributed by atoms with E-state index in [4.69, 9.17) is 0 Å². The fourth-order valence-corrected chi connectivity index (χ4v) is 2.23. The number of benzene rings is 2. The summed E-state index contributed by atoms with van der Waals surface area (Å²) in [4.78, 5) is 16.6. The quantitative estimate of drug-likeness (QED) is 0.751. The van der Waals surface area contributed by atoms with Crippen molar-refractivity contribution in [1.82, 2.24) is 4.98 Å². The van der Waals surface area contributed by atoms with Crippen LogP contribution < -0.4 is 10.6 Å². The number of rotatable bonds is 4. The molecule has 0 spiro atoms. The van der Waals surface area contributed by atoms with Gasteiger partial charge in [-0.2, -0.15) is 0 Å². The van der Waals surface area contributed by atoms with Crippen LogP contribution in [0.15, 0.2) is 72.9 Å². The molecule has 1 aromatic heterocycles. The van der Waals surface area contributed by atoms with Crippen LogP contribution in [0.2, 0.25) is 0 Å². The molecule has 4 nitrogen and oxygen atoms in total. The molecule has 1 heterocycles. The van der Waals surface area contributed by atoms with Crippen molar-refractivity contribution in [2.75, 3.05) is 10.6 Å². The zero-order chi connectivity index (χ0) is 16.1. The van der Waals surface area contributed by atoms with Gasteiger partial charge in [0, 0.05) is 11.8 Å². The van der Waals surface area contributed by atoms with Crippen LogP contribution in [0.1, 0.15) is 15.9 Å². The number of amides is 1. The molecular weight excluding hydrogens is 286 g/mol. The van der Waals surface area contributed by atoms with Gasteiger partial charge in [0.15, 0.2) is 0 Å². The summed E-state index contributed by atoms with van der Waals surface area (Å²) in [6, 6.07) is 20.6. The SMILES string of the molecule is Cc1ccc(NC(=O)c2ccccc2)c(Nc2ccccn2)c1. The van der Waals surface area contributed by atoms with Crippen LogP contribution in [0.4, 0.5) is 17.2 Å². The van der Waals surface area contributed by atoms with Gasteiger partial charge in [-0.3, -0.25) is 4.79 Å². The van der Waals surface area contributed by atoms with Crippen LogP contribution in [0.3, 0.4) is 0 Å². The van der Waals surface area contributed by atoms with E-state index >= 15 is 0 Å². The molecule has 0 unspecified atom stereocenters. The number of carbonyl (C=O) groups excluding carboxylic acids is 1. The van der Waals surface area contributed by atoms with Gasteiger partial charge in [0.05, 0.1) is 11.4 Å². The molecule has 0 saturated heterocycles. The Labute approximate surface area is 135 Å². The average molecular weight is 303 g/mol. The van der Waals surface area contributed by atoms with Crippen LogP contribution in [0.25, 0.3) is 0 Å². The largest absolute Gasteiger partial charge is 0.339 e. The van der Waals surface area contributed by atoms with Gasteiger partial charge in [-0.15, -0.1) is 0 Å². The minimum atomic E-state index is -0.140. The number of nitrogens with zero attached hydrogens (tertiary/aromatic N) is 1. The molecular formula is C19H17N3O. The Morgan fingerprint density at radius 1 is 0.913 bits per heavy atom. The van der Waals surface area contributed by atoms with E-state index in [1.54, 1.807) is 18.3 Å². The van der Waals surface area contributed by atoms with Crippen molar-refractivity contribution >= 4 is 23.1 Å². The lowest BCUT2D eigenvalue weighted by atomic mass is 10.1. The summed E-state index contributed by atoms with van der Waals surface area (Å²) >= 11 is 0.